The van der Waals surface area contributed by atoms with Crippen molar-refractivity contribution in [2.45, 2.75) is 31.3 Å². The van der Waals surface area contributed by atoms with Crippen LogP contribution < -0.4 is 10.0 Å². The Morgan fingerprint density at radius 2 is 2.10 bits per heavy atom. The second-order valence-electron chi connectivity index (χ2n) is 4.47. The number of rotatable bonds is 8. The van der Waals surface area contributed by atoms with Crippen LogP contribution in [0.2, 0.25) is 5.02 Å². The fourth-order valence-electron chi connectivity index (χ4n) is 1.69. The van der Waals surface area contributed by atoms with Gasteiger partial charge in [-0.3, -0.25) is 0 Å². The first kappa shape index (κ1) is 17.4. The molecule has 1 aromatic carbocycles. The largest absolute Gasteiger partial charge is 0.380 e. The summed E-state index contributed by atoms with van der Waals surface area (Å²) in [5.41, 5.74) is 0.857. The molecule has 0 aliphatic heterocycles. The first-order valence-electron chi connectivity index (χ1n) is 6.43. The molecule has 0 aliphatic rings. The van der Waals surface area contributed by atoms with Crippen LogP contribution in [0, 0.1) is 0 Å². The number of benzene rings is 1. The highest BCUT2D eigenvalue weighted by molar-refractivity contribution is 7.89. The molecule has 114 valence electrons. The fourth-order valence-corrected chi connectivity index (χ4v) is 3.26. The number of ether oxygens (including phenoxy) is 1. The molecule has 0 heterocycles. The number of nitrogens with one attached hydrogen (secondary N) is 2. The zero-order valence-corrected chi connectivity index (χ0v) is 13.5. The Balaban J connectivity index is 2.84. The van der Waals surface area contributed by atoms with Crippen LogP contribution in [-0.2, 0) is 21.3 Å². The van der Waals surface area contributed by atoms with Crippen molar-refractivity contribution >= 4 is 21.6 Å². The van der Waals surface area contributed by atoms with Crippen molar-refractivity contribution in [3.05, 3.63) is 28.8 Å². The number of halogens is 1. The van der Waals surface area contributed by atoms with Gasteiger partial charge in [0.25, 0.3) is 0 Å². The van der Waals surface area contributed by atoms with E-state index in [-0.39, 0.29) is 10.9 Å². The molecule has 0 saturated carbocycles. The molecule has 1 unspecified atom stereocenters. The van der Waals surface area contributed by atoms with Crippen LogP contribution >= 0.6 is 11.6 Å². The quantitative estimate of drug-likeness (QED) is 0.766. The Morgan fingerprint density at radius 3 is 2.65 bits per heavy atom. The summed E-state index contributed by atoms with van der Waals surface area (Å²) >= 11 is 6.08. The molecule has 0 fully saturated rings. The van der Waals surface area contributed by atoms with E-state index in [9.17, 15) is 8.42 Å². The van der Waals surface area contributed by atoms with Gasteiger partial charge in [0, 0.05) is 24.2 Å². The zero-order chi connectivity index (χ0) is 15.2. The zero-order valence-electron chi connectivity index (χ0n) is 11.9. The highest BCUT2D eigenvalue weighted by Crippen LogP contribution is 2.21. The molecule has 7 heteroatoms. The van der Waals surface area contributed by atoms with E-state index in [1.807, 2.05) is 6.92 Å². The van der Waals surface area contributed by atoms with Crippen molar-refractivity contribution < 1.29 is 13.2 Å². The topological polar surface area (TPSA) is 67.4 Å². The van der Waals surface area contributed by atoms with E-state index in [2.05, 4.69) is 10.0 Å². The summed E-state index contributed by atoms with van der Waals surface area (Å²) in [5.74, 6) is 0. The first-order valence-corrected chi connectivity index (χ1v) is 8.30. The molecule has 0 aliphatic carbocycles. The molecule has 0 spiro atoms. The van der Waals surface area contributed by atoms with E-state index < -0.39 is 10.0 Å². The SMILES string of the molecule is CCOCC(C)NS(=O)(=O)c1ccc(CNC)c(Cl)c1. The van der Waals surface area contributed by atoms with Crippen LogP contribution in [0.25, 0.3) is 0 Å². The summed E-state index contributed by atoms with van der Waals surface area (Å²) in [5, 5.41) is 3.40. The molecular formula is C13H21ClN2O3S. The maximum absolute atomic E-state index is 12.2. The minimum absolute atomic E-state index is 0.158. The van der Waals surface area contributed by atoms with Gasteiger partial charge in [0.15, 0.2) is 0 Å². The monoisotopic (exact) mass is 320 g/mol. The molecule has 0 amide bonds. The minimum atomic E-state index is -3.58. The molecule has 20 heavy (non-hydrogen) atoms. The van der Waals surface area contributed by atoms with Gasteiger partial charge in [-0.1, -0.05) is 17.7 Å². The lowest BCUT2D eigenvalue weighted by atomic mass is 10.2. The molecule has 0 aromatic heterocycles. The second kappa shape index (κ2) is 7.95. The molecular weight excluding hydrogens is 300 g/mol. The van der Waals surface area contributed by atoms with Crippen LogP contribution in [0.1, 0.15) is 19.4 Å². The number of hydrogen-bond donors (Lipinski definition) is 2. The van der Waals surface area contributed by atoms with Gasteiger partial charge in [0.05, 0.1) is 11.5 Å². The molecule has 1 aromatic rings. The Bertz CT molecular complexity index is 534. The minimum Gasteiger partial charge on any atom is -0.380 e. The van der Waals surface area contributed by atoms with Gasteiger partial charge < -0.3 is 10.1 Å². The van der Waals surface area contributed by atoms with Gasteiger partial charge in [-0.2, -0.15) is 0 Å². The molecule has 1 rings (SSSR count). The summed E-state index contributed by atoms with van der Waals surface area (Å²) in [4.78, 5) is 0.158. The molecule has 0 bridgehead atoms. The predicted octanol–water partition coefficient (Wildman–Crippen LogP) is 1.76. The Hall–Kier alpha value is -0.660. The van der Waals surface area contributed by atoms with E-state index in [0.717, 1.165) is 5.56 Å². The fraction of sp³-hybridized carbons (Fsp3) is 0.538. The lowest BCUT2D eigenvalue weighted by molar-refractivity contribution is 0.133. The Labute approximate surface area is 125 Å². The molecule has 0 saturated heterocycles. The van der Waals surface area contributed by atoms with Crippen LogP contribution in [0.15, 0.2) is 23.1 Å². The van der Waals surface area contributed by atoms with Gasteiger partial charge in [-0.25, -0.2) is 13.1 Å². The average Bonchev–Trinajstić information content (AvgIpc) is 2.38. The van der Waals surface area contributed by atoms with Crippen LogP contribution in [0.5, 0.6) is 0 Å². The lowest BCUT2D eigenvalue weighted by Gasteiger charge is -2.14. The van der Waals surface area contributed by atoms with Gasteiger partial charge >= 0.3 is 0 Å². The van der Waals surface area contributed by atoms with Crippen LogP contribution in [0.4, 0.5) is 0 Å². The maximum atomic E-state index is 12.2. The van der Waals surface area contributed by atoms with Gasteiger partial charge in [0.1, 0.15) is 0 Å². The normalized spacial score (nSPS) is 13.4. The van der Waals surface area contributed by atoms with Crippen molar-refractivity contribution in [3.8, 4) is 0 Å². The highest BCUT2D eigenvalue weighted by atomic mass is 35.5. The van der Waals surface area contributed by atoms with Crippen LogP contribution in [0.3, 0.4) is 0 Å². The Morgan fingerprint density at radius 1 is 1.40 bits per heavy atom. The van der Waals surface area contributed by atoms with Gasteiger partial charge in [0.2, 0.25) is 10.0 Å². The van der Waals surface area contributed by atoms with Crippen molar-refractivity contribution in [2.75, 3.05) is 20.3 Å². The molecule has 1 atom stereocenters. The summed E-state index contributed by atoms with van der Waals surface area (Å²) < 4.78 is 32.1. The number of sulfonamides is 1. The van der Waals surface area contributed by atoms with Crippen molar-refractivity contribution in [3.63, 3.8) is 0 Å². The molecule has 5 nitrogen and oxygen atoms in total. The standard InChI is InChI=1S/C13H21ClN2O3S/c1-4-19-9-10(2)16-20(17,18)12-6-5-11(8-15-3)13(14)7-12/h5-7,10,15-16H,4,8-9H2,1-3H3. The molecule has 2 N–H and O–H groups in total. The third-order valence-corrected chi connectivity index (χ3v) is 4.57. The first-order chi connectivity index (χ1) is 9.40. The Kier molecular flexibility index (Phi) is 6.91. The molecule has 0 radical (unpaired) electrons. The summed E-state index contributed by atoms with van der Waals surface area (Å²) in [6.07, 6.45) is 0. The van der Waals surface area contributed by atoms with E-state index in [4.69, 9.17) is 16.3 Å². The van der Waals surface area contributed by atoms with E-state index >= 15 is 0 Å². The predicted molar refractivity (Wildman–Crippen MR) is 80.5 cm³/mol. The average molecular weight is 321 g/mol. The van der Waals surface area contributed by atoms with Gasteiger partial charge in [-0.15, -0.1) is 0 Å². The lowest BCUT2D eigenvalue weighted by Crippen LogP contribution is -2.35. The van der Waals surface area contributed by atoms with Crippen molar-refractivity contribution in [1.29, 1.82) is 0 Å². The van der Waals surface area contributed by atoms with E-state index in [1.54, 1.807) is 26.1 Å². The van der Waals surface area contributed by atoms with E-state index in [0.29, 0.717) is 24.8 Å². The highest BCUT2D eigenvalue weighted by Gasteiger charge is 2.18. The second-order valence-corrected chi connectivity index (χ2v) is 6.59. The summed E-state index contributed by atoms with van der Waals surface area (Å²) in [6, 6.07) is 4.43. The number of hydrogen-bond acceptors (Lipinski definition) is 4. The van der Waals surface area contributed by atoms with E-state index in [1.165, 1.54) is 6.07 Å². The van der Waals surface area contributed by atoms with Crippen LogP contribution in [-0.4, -0.2) is 34.7 Å². The summed E-state index contributed by atoms with van der Waals surface area (Å²) in [7, 11) is -1.78. The van der Waals surface area contributed by atoms with Crippen molar-refractivity contribution in [1.82, 2.24) is 10.0 Å². The smallest absolute Gasteiger partial charge is 0.240 e. The summed E-state index contributed by atoms with van der Waals surface area (Å²) in [6.45, 7) is 5.09. The van der Waals surface area contributed by atoms with Gasteiger partial charge in [-0.05, 0) is 38.6 Å². The third-order valence-electron chi connectivity index (χ3n) is 2.63. The third kappa shape index (κ3) is 5.03. The maximum Gasteiger partial charge on any atom is 0.240 e. The van der Waals surface area contributed by atoms with Crippen molar-refractivity contribution in [2.24, 2.45) is 0 Å².